The summed E-state index contributed by atoms with van der Waals surface area (Å²) < 4.78 is 0. The van der Waals surface area contributed by atoms with E-state index in [9.17, 15) is 0 Å². The molecule has 1 aliphatic carbocycles. The van der Waals surface area contributed by atoms with Crippen molar-refractivity contribution in [3.63, 3.8) is 0 Å². The van der Waals surface area contributed by atoms with Gasteiger partial charge < -0.3 is 0 Å². The highest BCUT2D eigenvalue weighted by Crippen LogP contribution is 2.59. The summed E-state index contributed by atoms with van der Waals surface area (Å²) in [6.45, 7) is 7.97. The second-order valence-corrected chi connectivity index (χ2v) is 14.0. The predicted molar refractivity (Wildman–Crippen MR) is 225 cm³/mol. The summed E-state index contributed by atoms with van der Waals surface area (Å²) in [5.74, 6) is 0.690. The molecule has 1 heterocycles. The molecule has 0 unspecified atom stereocenters. The fourth-order valence-electron chi connectivity index (χ4n) is 8.58. The second-order valence-electron chi connectivity index (χ2n) is 14.0. The van der Waals surface area contributed by atoms with Crippen LogP contribution in [-0.4, -0.2) is 9.97 Å². The van der Waals surface area contributed by atoms with Gasteiger partial charge in [-0.05, 0) is 73.5 Å². The van der Waals surface area contributed by atoms with Gasteiger partial charge in [0.05, 0.1) is 23.4 Å². The average molecular weight is 700 g/mol. The quantitative estimate of drug-likeness (QED) is 0.162. The van der Waals surface area contributed by atoms with Crippen LogP contribution in [0.2, 0.25) is 0 Å². The van der Waals surface area contributed by atoms with E-state index >= 15 is 0 Å². The molecule has 8 aromatic carbocycles. The van der Waals surface area contributed by atoms with Gasteiger partial charge in [0.1, 0.15) is 0 Å². The Morgan fingerprint density at radius 2 is 1.00 bits per heavy atom. The molecule has 256 valence electrons. The van der Waals surface area contributed by atoms with Gasteiger partial charge in [-0.25, -0.2) is 14.8 Å². The maximum atomic E-state index is 7.97. The van der Waals surface area contributed by atoms with Crippen LogP contribution >= 0.6 is 0 Å². The minimum atomic E-state index is -0.564. The standard InChI is InChI=1S/C52H33N3/c1-53-41-30-31-46-45(33-41)50-43(27-15-29-47(50)52(46,39-22-7-3-8-23-39)40-24-9-4-10-25-40)37-20-13-21-38(32-37)49-34-48(36-17-5-2-6-18-36)54-51(55-49)44-28-14-19-35-16-11-12-26-42(35)44/h2-34H. The van der Waals surface area contributed by atoms with Gasteiger partial charge in [0.25, 0.3) is 0 Å². The first kappa shape index (κ1) is 32.3. The Labute approximate surface area is 320 Å². The van der Waals surface area contributed by atoms with Gasteiger partial charge in [-0.3, -0.25) is 0 Å². The van der Waals surface area contributed by atoms with Crippen molar-refractivity contribution in [1.29, 1.82) is 0 Å². The van der Waals surface area contributed by atoms with Gasteiger partial charge in [-0.1, -0.05) is 182 Å². The van der Waals surface area contributed by atoms with Gasteiger partial charge in [-0.2, -0.15) is 0 Å². The van der Waals surface area contributed by atoms with E-state index in [2.05, 4.69) is 181 Å². The Morgan fingerprint density at radius 1 is 0.418 bits per heavy atom. The molecule has 0 aliphatic heterocycles. The zero-order chi connectivity index (χ0) is 36.8. The molecule has 3 nitrogen and oxygen atoms in total. The Balaban J connectivity index is 1.20. The van der Waals surface area contributed by atoms with Crippen LogP contribution in [0.4, 0.5) is 5.69 Å². The van der Waals surface area contributed by atoms with Crippen molar-refractivity contribution < 1.29 is 0 Å². The zero-order valence-corrected chi connectivity index (χ0v) is 29.9. The monoisotopic (exact) mass is 699 g/mol. The molecule has 10 rings (SSSR count). The van der Waals surface area contributed by atoms with Crippen molar-refractivity contribution in [1.82, 2.24) is 9.97 Å². The smallest absolute Gasteiger partial charge is 0.187 e. The fourth-order valence-corrected chi connectivity index (χ4v) is 8.58. The molecule has 0 bridgehead atoms. The third-order valence-electron chi connectivity index (χ3n) is 11.0. The van der Waals surface area contributed by atoms with Crippen LogP contribution in [-0.2, 0) is 5.41 Å². The molecular weight excluding hydrogens is 667 g/mol. The molecule has 3 heteroatoms. The average Bonchev–Trinajstić information content (AvgIpc) is 3.57. The molecule has 0 N–H and O–H groups in total. The highest BCUT2D eigenvalue weighted by Gasteiger charge is 2.46. The molecule has 55 heavy (non-hydrogen) atoms. The molecule has 0 saturated carbocycles. The minimum absolute atomic E-state index is 0.564. The molecular formula is C52H33N3. The van der Waals surface area contributed by atoms with E-state index < -0.39 is 5.41 Å². The maximum Gasteiger partial charge on any atom is 0.187 e. The summed E-state index contributed by atoms with van der Waals surface area (Å²) in [4.78, 5) is 14.3. The molecule has 0 atom stereocenters. The van der Waals surface area contributed by atoms with Crippen LogP contribution in [0, 0.1) is 6.57 Å². The fraction of sp³-hybridized carbons (Fsp3) is 0.0192. The number of benzene rings is 8. The van der Waals surface area contributed by atoms with Crippen molar-refractivity contribution in [2.45, 2.75) is 5.41 Å². The molecule has 1 aromatic heterocycles. The summed E-state index contributed by atoms with van der Waals surface area (Å²) in [6.07, 6.45) is 0. The van der Waals surface area contributed by atoms with Crippen molar-refractivity contribution in [2.24, 2.45) is 0 Å². The molecule has 0 amide bonds. The first-order valence-electron chi connectivity index (χ1n) is 18.5. The molecule has 0 radical (unpaired) electrons. The summed E-state index contributed by atoms with van der Waals surface area (Å²) in [7, 11) is 0. The highest BCUT2D eigenvalue weighted by molar-refractivity contribution is 5.98. The Hall–Kier alpha value is -7.41. The molecule has 0 fully saturated rings. The van der Waals surface area contributed by atoms with Crippen molar-refractivity contribution in [3.05, 3.63) is 234 Å². The highest BCUT2D eigenvalue weighted by atomic mass is 14.9. The number of nitrogens with zero attached hydrogens (tertiary/aromatic N) is 3. The Morgan fingerprint density at radius 3 is 1.75 bits per heavy atom. The van der Waals surface area contributed by atoms with Crippen LogP contribution in [0.1, 0.15) is 22.3 Å². The number of rotatable bonds is 6. The number of aromatic nitrogens is 2. The van der Waals surface area contributed by atoms with E-state index in [0.29, 0.717) is 11.5 Å². The van der Waals surface area contributed by atoms with E-state index in [-0.39, 0.29) is 0 Å². The summed E-state index contributed by atoms with van der Waals surface area (Å²) in [6, 6.07) is 70.3. The van der Waals surface area contributed by atoms with Gasteiger partial charge in [-0.15, -0.1) is 0 Å². The van der Waals surface area contributed by atoms with Crippen LogP contribution < -0.4 is 0 Å². The third kappa shape index (κ3) is 5.27. The van der Waals surface area contributed by atoms with Crippen molar-refractivity contribution in [3.8, 4) is 56.2 Å². The normalized spacial score (nSPS) is 12.5. The van der Waals surface area contributed by atoms with E-state index in [1.807, 2.05) is 24.3 Å². The van der Waals surface area contributed by atoms with Gasteiger partial charge >= 0.3 is 0 Å². The van der Waals surface area contributed by atoms with Crippen molar-refractivity contribution in [2.75, 3.05) is 0 Å². The molecule has 1 aliphatic rings. The van der Waals surface area contributed by atoms with E-state index in [1.165, 1.54) is 22.3 Å². The van der Waals surface area contributed by atoms with E-state index in [1.54, 1.807) is 0 Å². The lowest BCUT2D eigenvalue weighted by Gasteiger charge is -2.34. The SMILES string of the molecule is [C-]#[N+]c1ccc2c(c1)-c1c(-c3cccc(-c4cc(-c5ccccc5)nc(-c5cccc6ccccc56)n4)c3)cccc1C2(c1ccccc1)c1ccccc1. The molecule has 0 saturated heterocycles. The van der Waals surface area contributed by atoms with E-state index in [0.717, 1.165) is 61.1 Å². The Kier molecular flexibility index (Phi) is 7.75. The number of hydrogen-bond acceptors (Lipinski definition) is 2. The second kappa shape index (κ2) is 13.2. The van der Waals surface area contributed by atoms with Gasteiger partial charge in [0.2, 0.25) is 0 Å². The lowest BCUT2D eigenvalue weighted by Crippen LogP contribution is -2.28. The Bertz CT molecular complexity index is 2880. The van der Waals surface area contributed by atoms with Crippen LogP contribution in [0.25, 0.3) is 71.8 Å². The minimum Gasteiger partial charge on any atom is -0.238 e. The summed E-state index contributed by atoms with van der Waals surface area (Å²) in [5, 5.41) is 2.27. The van der Waals surface area contributed by atoms with E-state index in [4.69, 9.17) is 16.5 Å². The largest absolute Gasteiger partial charge is 0.238 e. The predicted octanol–water partition coefficient (Wildman–Crippen LogP) is 13.2. The zero-order valence-electron chi connectivity index (χ0n) is 29.9. The third-order valence-corrected chi connectivity index (χ3v) is 11.0. The first-order valence-corrected chi connectivity index (χ1v) is 18.5. The first-order chi connectivity index (χ1) is 27.2. The summed E-state index contributed by atoms with van der Waals surface area (Å²) >= 11 is 0. The lowest BCUT2D eigenvalue weighted by molar-refractivity contribution is 0.769. The van der Waals surface area contributed by atoms with Crippen molar-refractivity contribution >= 4 is 16.5 Å². The maximum absolute atomic E-state index is 7.97. The van der Waals surface area contributed by atoms with Gasteiger partial charge in [0, 0.05) is 16.7 Å². The van der Waals surface area contributed by atoms with Crippen LogP contribution in [0.15, 0.2) is 200 Å². The molecule has 0 spiro atoms. The summed E-state index contributed by atoms with van der Waals surface area (Å²) in [5.41, 5.74) is 14.0. The molecule has 9 aromatic rings. The van der Waals surface area contributed by atoms with Crippen LogP contribution in [0.5, 0.6) is 0 Å². The van der Waals surface area contributed by atoms with Crippen LogP contribution in [0.3, 0.4) is 0 Å². The lowest BCUT2D eigenvalue weighted by atomic mass is 9.67. The van der Waals surface area contributed by atoms with Gasteiger partial charge in [0.15, 0.2) is 11.5 Å². The topological polar surface area (TPSA) is 30.1 Å². The number of hydrogen-bond donors (Lipinski definition) is 0. The number of fused-ring (bicyclic) bond motifs is 4.